The van der Waals surface area contributed by atoms with Crippen molar-refractivity contribution in [2.45, 2.75) is 38.4 Å². The zero-order valence-corrected chi connectivity index (χ0v) is 17.2. The van der Waals surface area contributed by atoms with Gasteiger partial charge in [-0.25, -0.2) is 9.50 Å². The van der Waals surface area contributed by atoms with Crippen LogP contribution in [0.5, 0.6) is 0 Å². The van der Waals surface area contributed by atoms with Crippen molar-refractivity contribution < 1.29 is 18.0 Å². The number of rotatable bonds is 3. The fourth-order valence-electron chi connectivity index (χ4n) is 4.16. The number of amides is 1. The number of aryl methyl sites for hydroxylation is 1. The molecule has 0 aliphatic carbocycles. The number of nitrogens with zero attached hydrogens (tertiary/aromatic N) is 7. The van der Waals surface area contributed by atoms with Crippen molar-refractivity contribution >= 4 is 22.6 Å². The van der Waals surface area contributed by atoms with E-state index in [9.17, 15) is 18.0 Å². The maximum atomic E-state index is 13.6. The van der Waals surface area contributed by atoms with Crippen LogP contribution in [-0.4, -0.2) is 53.5 Å². The molecule has 1 saturated heterocycles. The van der Waals surface area contributed by atoms with Gasteiger partial charge in [0, 0.05) is 30.8 Å². The van der Waals surface area contributed by atoms with E-state index in [2.05, 4.69) is 20.3 Å². The third kappa shape index (κ3) is 3.78. The predicted molar refractivity (Wildman–Crippen MR) is 109 cm³/mol. The Morgan fingerprint density at radius 1 is 1.12 bits per heavy atom. The Morgan fingerprint density at radius 3 is 2.53 bits per heavy atom. The minimum atomic E-state index is -4.56. The van der Waals surface area contributed by atoms with E-state index in [0.717, 1.165) is 10.6 Å². The fraction of sp³-hybridized carbons (Fsp3) is 0.381. The van der Waals surface area contributed by atoms with Crippen LogP contribution in [0.25, 0.3) is 16.7 Å². The third-order valence-electron chi connectivity index (χ3n) is 5.66. The molecule has 1 atom stereocenters. The first kappa shape index (κ1) is 20.4. The van der Waals surface area contributed by atoms with Gasteiger partial charge in [0.25, 0.3) is 0 Å². The van der Waals surface area contributed by atoms with Gasteiger partial charge < -0.3 is 4.90 Å². The minimum Gasteiger partial charge on any atom is -0.340 e. The Labute approximate surface area is 180 Å². The normalized spacial score (nSPS) is 17.4. The summed E-state index contributed by atoms with van der Waals surface area (Å²) in [5, 5.41) is 12.5. The van der Waals surface area contributed by atoms with E-state index in [1.54, 1.807) is 11.8 Å². The summed E-state index contributed by atoms with van der Waals surface area (Å²) in [7, 11) is 0. The van der Waals surface area contributed by atoms with Crippen LogP contribution >= 0.6 is 0 Å². The predicted octanol–water partition coefficient (Wildman–Crippen LogP) is 3.21. The summed E-state index contributed by atoms with van der Waals surface area (Å²) in [6.45, 7) is 2.44. The lowest BCUT2D eigenvalue weighted by atomic mass is 9.94. The number of fused-ring (bicyclic) bond motifs is 2. The first-order valence-corrected chi connectivity index (χ1v) is 10.3. The molecule has 0 bridgehead atoms. The van der Waals surface area contributed by atoms with Gasteiger partial charge in [-0.2, -0.15) is 33.3 Å². The molecule has 32 heavy (non-hydrogen) atoms. The Kier molecular flexibility index (Phi) is 4.83. The topological polar surface area (TPSA) is 81.2 Å². The van der Waals surface area contributed by atoms with Crippen LogP contribution in [-0.2, 0) is 17.5 Å². The molecule has 1 amide bonds. The molecule has 8 nitrogen and oxygen atoms in total. The Bertz CT molecular complexity index is 1280. The van der Waals surface area contributed by atoms with Crippen molar-refractivity contribution in [2.24, 2.45) is 0 Å². The zero-order valence-electron chi connectivity index (χ0n) is 17.2. The van der Waals surface area contributed by atoms with E-state index in [1.807, 2.05) is 24.3 Å². The molecule has 0 N–H and O–H groups in total. The summed E-state index contributed by atoms with van der Waals surface area (Å²) >= 11 is 0. The maximum Gasteiger partial charge on any atom is 0.433 e. The highest BCUT2D eigenvalue weighted by Gasteiger charge is 2.36. The second-order valence-corrected chi connectivity index (χ2v) is 8.02. The smallest absolute Gasteiger partial charge is 0.340 e. The van der Waals surface area contributed by atoms with E-state index in [4.69, 9.17) is 0 Å². The fourth-order valence-corrected chi connectivity index (χ4v) is 4.16. The number of carbonyl (C=O) groups is 1. The average molecular weight is 443 g/mol. The lowest BCUT2D eigenvalue weighted by Gasteiger charge is -2.32. The highest BCUT2D eigenvalue weighted by atomic mass is 19.4. The molecule has 0 spiro atoms. The summed E-state index contributed by atoms with van der Waals surface area (Å²) in [6, 6.07) is 9.91. The van der Waals surface area contributed by atoms with Gasteiger partial charge >= 0.3 is 6.18 Å². The molecule has 4 heterocycles. The largest absolute Gasteiger partial charge is 0.433 e. The van der Waals surface area contributed by atoms with Crippen LogP contribution in [0.15, 0.2) is 36.4 Å². The molecule has 166 valence electrons. The van der Waals surface area contributed by atoms with Gasteiger partial charge in [-0.15, -0.1) is 0 Å². The van der Waals surface area contributed by atoms with Crippen LogP contribution in [0, 0.1) is 6.92 Å². The van der Waals surface area contributed by atoms with E-state index in [1.165, 1.54) is 10.9 Å². The molecular weight excluding hydrogens is 423 g/mol. The molecule has 5 rings (SSSR count). The lowest BCUT2D eigenvalue weighted by Crippen LogP contribution is -2.41. The van der Waals surface area contributed by atoms with E-state index < -0.39 is 11.9 Å². The van der Waals surface area contributed by atoms with Gasteiger partial charge in [-0.3, -0.25) is 4.79 Å². The number of aromatic nitrogens is 6. The van der Waals surface area contributed by atoms with Gasteiger partial charge in [-0.1, -0.05) is 12.1 Å². The standard InChI is InChI=1S/C21H20F3N7O/c1-13-9-19-25-17(10-18(21(22,23)24)31(19)26-13)14-5-4-8-29(11-14)20(32)12-30-27-15-6-2-3-7-16(15)28-30/h2-3,6-7,9-10,14H,4-5,8,11-12H2,1H3/t14-/m1/s1. The van der Waals surface area contributed by atoms with E-state index in [-0.39, 0.29) is 24.0 Å². The second kappa shape index (κ2) is 7.57. The number of benzene rings is 1. The number of piperidine rings is 1. The molecule has 1 fully saturated rings. The van der Waals surface area contributed by atoms with Gasteiger partial charge in [0.15, 0.2) is 5.65 Å². The van der Waals surface area contributed by atoms with Crippen LogP contribution in [0.2, 0.25) is 0 Å². The van der Waals surface area contributed by atoms with Gasteiger partial charge in [0.2, 0.25) is 5.91 Å². The first-order chi connectivity index (χ1) is 15.3. The van der Waals surface area contributed by atoms with Gasteiger partial charge in [-0.05, 0) is 38.0 Å². The van der Waals surface area contributed by atoms with E-state index >= 15 is 0 Å². The molecule has 1 aliphatic rings. The Hall–Kier alpha value is -3.50. The molecule has 3 aromatic heterocycles. The summed E-state index contributed by atoms with van der Waals surface area (Å²) in [4.78, 5) is 20.3. The van der Waals surface area contributed by atoms with Crippen LogP contribution < -0.4 is 0 Å². The second-order valence-electron chi connectivity index (χ2n) is 8.02. The number of carbonyl (C=O) groups excluding carboxylic acids is 1. The van der Waals surface area contributed by atoms with Gasteiger partial charge in [0.05, 0.1) is 5.69 Å². The zero-order chi connectivity index (χ0) is 22.5. The summed E-state index contributed by atoms with van der Waals surface area (Å²) in [5.74, 6) is -0.467. The van der Waals surface area contributed by atoms with Crippen LogP contribution in [0.4, 0.5) is 13.2 Å². The Morgan fingerprint density at radius 2 is 1.84 bits per heavy atom. The summed E-state index contributed by atoms with van der Waals surface area (Å²) < 4.78 is 41.8. The average Bonchev–Trinajstić information content (AvgIpc) is 3.33. The molecule has 11 heteroatoms. The molecule has 1 aromatic carbocycles. The number of hydrogen-bond donors (Lipinski definition) is 0. The van der Waals surface area contributed by atoms with Crippen LogP contribution in [0.3, 0.4) is 0 Å². The van der Waals surface area contributed by atoms with E-state index in [0.29, 0.717) is 48.4 Å². The van der Waals surface area contributed by atoms with Crippen molar-refractivity contribution in [3.05, 3.63) is 53.5 Å². The maximum absolute atomic E-state index is 13.6. The molecule has 1 aliphatic heterocycles. The number of halogens is 3. The summed E-state index contributed by atoms with van der Waals surface area (Å²) in [6.07, 6.45) is -3.23. The molecule has 0 saturated carbocycles. The Balaban J connectivity index is 1.38. The molecule has 0 radical (unpaired) electrons. The highest BCUT2D eigenvalue weighted by molar-refractivity contribution is 5.77. The molecule has 4 aromatic rings. The number of likely N-dealkylation sites (tertiary alicyclic amines) is 1. The third-order valence-corrected chi connectivity index (χ3v) is 5.66. The van der Waals surface area contributed by atoms with Crippen molar-refractivity contribution in [3.63, 3.8) is 0 Å². The number of alkyl halides is 3. The molecular formula is C21H20F3N7O. The van der Waals surface area contributed by atoms with Crippen molar-refractivity contribution in [2.75, 3.05) is 13.1 Å². The van der Waals surface area contributed by atoms with Crippen molar-refractivity contribution in [3.8, 4) is 0 Å². The first-order valence-electron chi connectivity index (χ1n) is 10.3. The minimum absolute atomic E-state index is 0.0243. The summed E-state index contributed by atoms with van der Waals surface area (Å²) in [5.41, 5.74) is 1.48. The van der Waals surface area contributed by atoms with Crippen molar-refractivity contribution in [1.82, 2.24) is 34.5 Å². The SMILES string of the molecule is Cc1cc2nc([C@@H]3CCCN(C(=O)Cn4nc5ccccc5n4)C3)cc(C(F)(F)F)n2n1. The molecule has 0 unspecified atom stereocenters. The lowest BCUT2D eigenvalue weighted by molar-refractivity contribution is -0.143. The van der Waals surface area contributed by atoms with Crippen molar-refractivity contribution in [1.29, 1.82) is 0 Å². The quantitative estimate of drug-likeness (QED) is 0.486. The highest BCUT2D eigenvalue weighted by Crippen LogP contribution is 2.33. The number of hydrogen-bond acceptors (Lipinski definition) is 5. The van der Waals surface area contributed by atoms with Gasteiger partial charge in [0.1, 0.15) is 23.3 Å². The monoisotopic (exact) mass is 443 g/mol. The van der Waals surface area contributed by atoms with Crippen LogP contribution in [0.1, 0.15) is 35.8 Å².